The third-order valence-corrected chi connectivity index (χ3v) is 7.68. The van der Waals surface area contributed by atoms with E-state index < -0.39 is 53.1 Å². The van der Waals surface area contributed by atoms with E-state index in [9.17, 15) is 32.7 Å². The van der Waals surface area contributed by atoms with Gasteiger partial charge in [0.25, 0.3) is 5.91 Å². The third kappa shape index (κ3) is 7.06. The van der Waals surface area contributed by atoms with Gasteiger partial charge in [0, 0.05) is 36.4 Å². The summed E-state index contributed by atoms with van der Waals surface area (Å²) in [6, 6.07) is 8.06. The van der Waals surface area contributed by atoms with Crippen molar-refractivity contribution in [2.75, 3.05) is 38.8 Å². The zero-order valence-corrected chi connectivity index (χ0v) is 24.9. The molecule has 2 amide bonds. The summed E-state index contributed by atoms with van der Waals surface area (Å²) >= 11 is 0. The van der Waals surface area contributed by atoms with Crippen LogP contribution in [0.3, 0.4) is 0 Å². The number of alkyl halides is 3. The van der Waals surface area contributed by atoms with Crippen LogP contribution in [0, 0.1) is 11.3 Å². The molecule has 1 N–H and O–H groups in total. The maximum absolute atomic E-state index is 14.2. The number of amides is 2. The van der Waals surface area contributed by atoms with E-state index in [1.165, 1.54) is 30.1 Å². The highest BCUT2D eigenvalue weighted by Gasteiger charge is 2.42. The van der Waals surface area contributed by atoms with Gasteiger partial charge in [-0.1, -0.05) is 32.9 Å². The van der Waals surface area contributed by atoms with Gasteiger partial charge in [-0.2, -0.15) is 13.2 Å². The highest BCUT2D eigenvalue weighted by atomic mass is 19.4. The van der Waals surface area contributed by atoms with Crippen molar-refractivity contribution in [1.29, 1.82) is 0 Å². The quantitative estimate of drug-likeness (QED) is 0.456. The average Bonchev–Trinajstić information content (AvgIpc) is 3.05. The van der Waals surface area contributed by atoms with Gasteiger partial charge in [0.1, 0.15) is 12.2 Å². The van der Waals surface area contributed by atoms with Crippen LogP contribution in [0.2, 0.25) is 0 Å². The van der Waals surface area contributed by atoms with Crippen LogP contribution in [0.5, 0.6) is 11.5 Å². The zero-order chi connectivity index (χ0) is 31.7. The van der Waals surface area contributed by atoms with Gasteiger partial charge in [-0.3, -0.25) is 14.4 Å². The Kier molecular flexibility index (Phi) is 9.29. The first-order valence-corrected chi connectivity index (χ1v) is 14.0. The molecule has 4 rings (SSSR count). The third-order valence-electron chi connectivity index (χ3n) is 7.68. The van der Waals surface area contributed by atoms with E-state index in [2.05, 4.69) is 0 Å². The molecule has 0 spiro atoms. The van der Waals surface area contributed by atoms with Crippen LogP contribution in [0.15, 0.2) is 36.4 Å². The molecule has 0 saturated carbocycles. The minimum atomic E-state index is -4.67. The highest BCUT2D eigenvalue weighted by Crippen LogP contribution is 2.46. The van der Waals surface area contributed by atoms with Crippen molar-refractivity contribution in [3.8, 4) is 11.5 Å². The number of ether oxygens (including phenoxy) is 3. The van der Waals surface area contributed by atoms with E-state index in [1.807, 2.05) is 20.8 Å². The van der Waals surface area contributed by atoms with Crippen LogP contribution < -0.4 is 14.4 Å². The number of carbonyl (C=O) groups is 3. The predicted octanol–water partition coefficient (Wildman–Crippen LogP) is 5.30. The fraction of sp³-hybridized carbons (Fsp3) is 0.516. The summed E-state index contributed by atoms with van der Waals surface area (Å²) in [5.41, 5.74) is -0.722. The lowest BCUT2D eigenvalue weighted by Crippen LogP contribution is -2.47. The number of nitrogens with zero attached hydrogens (tertiary/aromatic N) is 2. The number of benzene rings is 2. The van der Waals surface area contributed by atoms with Crippen LogP contribution in [0.25, 0.3) is 0 Å². The number of hydrogen-bond acceptors (Lipinski definition) is 6. The van der Waals surface area contributed by atoms with Crippen LogP contribution in [0.1, 0.15) is 62.8 Å². The number of anilines is 1. The minimum Gasteiger partial charge on any atom is -0.493 e. The number of halogens is 3. The van der Waals surface area contributed by atoms with Crippen molar-refractivity contribution in [3.05, 3.63) is 53.1 Å². The second-order valence-corrected chi connectivity index (χ2v) is 12.0. The number of carboxylic acid groups (broad SMARTS) is 1. The monoisotopic (exact) mass is 606 g/mol. The highest BCUT2D eigenvalue weighted by molar-refractivity contribution is 6.00. The van der Waals surface area contributed by atoms with Gasteiger partial charge in [0.15, 0.2) is 11.5 Å². The molecule has 2 aromatic carbocycles. The van der Waals surface area contributed by atoms with E-state index in [0.29, 0.717) is 11.3 Å². The van der Waals surface area contributed by atoms with Gasteiger partial charge in [0.2, 0.25) is 5.91 Å². The van der Waals surface area contributed by atoms with Crippen molar-refractivity contribution in [2.24, 2.45) is 11.3 Å². The molecule has 0 radical (unpaired) electrons. The van der Waals surface area contributed by atoms with E-state index >= 15 is 0 Å². The Bertz CT molecular complexity index is 1360. The number of likely N-dealkylation sites (tertiary alicyclic amines) is 1. The van der Waals surface area contributed by atoms with Crippen molar-refractivity contribution in [3.63, 3.8) is 0 Å². The molecule has 2 aliphatic rings. The first-order chi connectivity index (χ1) is 20.1. The second kappa shape index (κ2) is 12.4. The van der Waals surface area contributed by atoms with Gasteiger partial charge in [0.05, 0.1) is 32.1 Å². The lowest BCUT2D eigenvalue weighted by molar-refractivity contribution is -0.148. The Morgan fingerprint density at radius 3 is 2.26 bits per heavy atom. The summed E-state index contributed by atoms with van der Waals surface area (Å²) in [5.74, 6) is -1.91. The molecule has 1 saturated heterocycles. The molecule has 9 nitrogen and oxygen atoms in total. The van der Waals surface area contributed by atoms with Gasteiger partial charge in [-0.25, -0.2) is 0 Å². The molecule has 0 aliphatic carbocycles. The Morgan fingerprint density at radius 2 is 1.70 bits per heavy atom. The van der Waals surface area contributed by atoms with Gasteiger partial charge in [-0.05, 0) is 42.5 Å². The predicted molar refractivity (Wildman–Crippen MR) is 151 cm³/mol. The van der Waals surface area contributed by atoms with E-state index in [0.717, 1.165) is 12.1 Å². The lowest BCUT2D eigenvalue weighted by atomic mass is 9.93. The molecule has 1 fully saturated rings. The zero-order valence-electron chi connectivity index (χ0n) is 24.9. The average molecular weight is 607 g/mol. The maximum Gasteiger partial charge on any atom is 0.416 e. The number of hydrogen-bond donors (Lipinski definition) is 1. The number of carboxylic acids is 1. The summed E-state index contributed by atoms with van der Waals surface area (Å²) < 4.78 is 59.3. The first-order valence-electron chi connectivity index (χ1n) is 14.0. The molecule has 12 heteroatoms. The number of carbonyl (C=O) groups excluding carboxylic acids is 2. The number of aliphatic carboxylic acids is 1. The summed E-state index contributed by atoms with van der Waals surface area (Å²) in [6.07, 6.45) is -7.06. The molecule has 2 heterocycles. The van der Waals surface area contributed by atoms with Crippen molar-refractivity contribution in [2.45, 2.75) is 58.4 Å². The van der Waals surface area contributed by atoms with E-state index in [4.69, 9.17) is 14.2 Å². The van der Waals surface area contributed by atoms with Crippen LogP contribution in [-0.4, -0.2) is 67.7 Å². The Labute approximate surface area is 248 Å². The van der Waals surface area contributed by atoms with Crippen molar-refractivity contribution >= 4 is 23.5 Å². The van der Waals surface area contributed by atoms with E-state index in [1.54, 1.807) is 18.2 Å². The Hall–Kier alpha value is -3.80. The number of methoxy groups -OCH3 is 2. The summed E-state index contributed by atoms with van der Waals surface area (Å²) in [7, 11) is 2.82. The number of para-hydroxylation sites is 1. The van der Waals surface area contributed by atoms with Gasteiger partial charge < -0.3 is 29.1 Å². The summed E-state index contributed by atoms with van der Waals surface area (Å²) in [6.45, 7) is 6.25. The molecule has 0 bridgehead atoms. The van der Waals surface area contributed by atoms with Crippen molar-refractivity contribution in [1.82, 2.24) is 4.90 Å². The fourth-order valence-electron chi connectivity index (χ4n) is 5.57. The number of piperidine rings is 1. The SMILES string of the molecule is COc1cccc([C@@H]2O[C@@H](CC(=O)N3CCC(C(=O)O)CC3)C(=O)N(CC(C)(C)C)c3ccc(C(F)(F)F)cc32)c1OC. The smallest absolute Gasteiger partial charge is 0.416 e. The molecular weight excluding hydrogens is 569 g/mol. The minimum absolute atomic E-state index is 0.0937. The largest absolute Gasteiger partial charge is 0.493 e. The molecular formula is C31H37F3N2O7. The normalized spacial score (nSPS) is 20.0. The van der Waals surface area contributed by atoms with Crippen molar-refractivity contribution < 1.29 is 46.9 Å². The standard InChI is InChI=1S/C31H37F3N2O7/c1-30(2,3)17-36-22-10-9-19(31(32,33)34)15-21(22)26(20-7-6-8-23(41-4)27(20)42-5)43-24(28(36)38)16-25(37)35-13-11-18(12-14-35)29(39)40/h6-10,15,18,24,26H,11-14,16-17H2,1-5H3,(H,39,40)/t24-,26-/m0/s1. The molecule has 0 aromatic heterocycles. The first kappa shape index (κ1) is 32.1. The second-order valence-electron chi connectivity index (χ2n) is 12.0. The van der Waals surface area contributed by atoms with Crippen LogP contribution in [0.4, 0.5) is 18.9 Å². The van der Waals surface area contributed by atoms with E-state index in [-0.39, 0.29) is 55.9 Å². The number of rotatable bonds is 7. The van der Waals surface area contributed by atoms with Gasteiger partial charge in [-0.15, -0.1) is 0 Å². The topological polar surface area (TPSA) is 106 Å². The molecule has 2 atom stereocenters. The molecule has 2 aromatic rings. The van der Waals surface area contributed by atoms with Crippen LogP contribution >= 0.6 is 0 Å². The number of fused-ring (bicyclic) bond motifs is 1. The lowest BCUT2D eigenvalue weighted by Gasteiger charge is -2.33. The molecule has 2 aliphatic heterocycles. The maximum atomic E-state index is 14.2. The van der Waals surface area contributed by atoms with Crippen LogP contribution in [-0.2, 0) is 25.3 Å². The Morgan fingerprint density at radius 1 is 1.02 bits per heavy atom. The molecule has 43 heavy (non-hydrogen) atoms. The Balaban J connectivity index is 1.83. The molecule has 234 valence electrons. The summed E-state index contributed by atoms with van der Waals surface area (Å²) in [4.78, 5) is 41.9. The summed E-state index contributed by atoms with van der Waals surface area (Å²) in [5, 5.41) is 9.32. The van der Waals surface area contributed by atoms with Gasteiger partial charge >= 0.3 is 12.1 Å². The molecule has 0 unspecified atom stereocenters. The fourth-order valence-corrected chi connectivity index (χ4v) is 5.57.